The summed E-state index contributed by atoms with van der Waals surface area (Å²) >= 11 is 0. The van der Waals surface area contributed by atoms with Gasteiger partial charge in [-0.25, -0.2) is 0 Å². The van der Waals surface area contributed by atoms with Crippen molar-refractivity contribution in [2.24, 2.45) is 11.8 Å². The summed E-state index contributed by atoms with van der Waals surface area (Å²) in [4.78, 5) is 4.72. The van der Waals surface area contributed by atoms with Crippen LogP contribution in [0.2, 0.25) is 0 Å². The molecule has 1 aromatic rings. The summed E-state index contributed by atoms with van der Waals surface area (Å²) in [6.07, 6.45) is 6.45. The van der Waals surface area contributed by atoms with E-state index in [0.717, 1.165) is 30.7 Å². The van der Waals surface area contributed by atoms with Gasteiger partial charge in [0.25, 0.3) is 0 Å². The molecule has 3 rings (SSSR count). The van der Waals surface area contributed by atoms with Crippen molar-refractivity contribution in [3.63, 3.8) is 0 Å². The third-order valence-electron chi connectivity index (χ3n) is 5.02. The Morgan fingerprint density at radius 2 is 2.21 bits per heavy atom. The molecule has 4 heteroatoms. The molecule has 2 fully saturated rings. The van der Waals surface area contributed by atoms with E-state index in [9.17, 15) is 0 Å². The van der Waals surface area contributed by atoms with E-state index in [2.05, 4.69) is 24.3 Å². The third kappa shape index (κ3) is 2.69. The molecule has 4 nitrogen and oxygen atoms in total. The van der Waals surface area contributed by atoms with E-state index >= 15 is 0 Å². The van der Waals surface area contributed by atoms with Gasteiger partial charge >= 0.3 is 0 Å². The molecule has 4 atom stereocenters. The van der Waals surface area contributed by atoms with Gasteiger partial charge in [0.1, 0.15) is 0 Å². The Hall–Kier alpha value is -0.900. The highest BCUT2D eigenvalue weighted by atomic mass is 16.5. The van der Waals surface area contributed by atoms with Gasteiger partial charge in [-0.2, -0.15) is 4.98 Å². The predicted molar refractivity (Wildman–Crippen MR) is 74.1 cm³/mol. The summed E-state index contributed by atoms with van der Waals surface area (Å²) in [7, 11) is 0. The van der Waals surface area contributed by atoms with Crippen LogP contribution in [0.15, 0.2) is 4.52 Å². The van der Waals surface area contributed by atoms with Gasteiger partial charge in [-0.05, 0) is 31.2 Å². The van der Waals surface area contributed by atoms with Gasteiger partial charge in [-0.3, -0.25) is 0 Å². The number of hydrogen-bond acceptors (Lipinski definition) is 4. The molecule has 0 amide bonds. The van der Waals surface area contributed by atoms with E-state index in [-0.39, 0.29) is 0 Å². The average molecular weight is 263 g/mol. The summed E-state index contributed by atoms with van der Waals surface area (Å²) in [5, 5.41) is 7.67. The number of aromatic nitrogens is 2. The van der Waals surface area contributed by atoms with Gasteiger partial charge < -0.3 is 9.84 Å². The van der Waals surface area contributed by atoms with Crippen LogP contribution in [0, 0.1) is 11.8 Å². The molecule has 0 radical (unpaired) electrons. The van der Waals surface area contributed by atoms with Gasteiger partial charge in [0, 0.05) is 12.5 Å². The summed E-state index contributed by atoms with van der Waals surface area (Å²) < 4.78 is 5.54. The first kappa shape index (κ1) is 13.1. The Labute approximate surface area is 115 Å². The minimum atomic E-state index is 0.409. The predicted octanol–water partition coefficient (Wildman–Crippen LogP) is 3.08. The number of hydrogen-bond donors (Lipinski definition) is 1. The van der Waals surface area contributed by atoms with E-state index in [1.165, 1.54) is 32.1 Å². The maximum Gasteiger partial charge on any atom is 0.231 e. The summed E-state index contributed by atoms with van der Waals surface area (Å²) in [5.41, 5.74) is 0. The standard InChI is InChI=1S/C15H25N3O/c1-3-11-5-4-6-12(7-11)14-17-15(19-18-14)13-9-16-8-10(13)2/h10-13,16H,3-9H2,1-2H3. The highest BCUT2D eigenvalue weighted by Gasteiger charge is 2.31. The van der Waals surface area contributed by atoms with Gasteiger partial charge in [0.2, 0.25) is 5.89 Å². The van der Waals surface area contributed by atoms with Gasteiger partial charge in [-0.15, -0.1) is 0 Å². The first-order valence-electron chi connectivity index (χ1n) is 7.82. The zero-order valence-corrected chi connectivity index (χ0v) is 12.1. The first-order valence-corrected chi connectivity index (χ1v) is 7.82. The van der Waals surface area contributed by atoms with Crippen molar-refractivity contribution in [3.05, 3.63) is 11.7 Å². The number of nitrogens with one attached hydrogen (secondary N) is 1. The van der Waals surface area contributed by atoms with Crippen molar-refractivity contribution < 1.29 is 4.52 Å². The lowest BCUT2D eigenvalue weighted by atomic mass is 9.80. The van der Waals surface area contributed by atoms with E-state index in [0.29, 0.717) is 17.8 Å². The fraction of sp³-hybridized carbons (Fsp3) is 0.867. The lowest BCUT2D eigenvalue weighted by molar-refractivity contribution is 0.295. The second-order valence-corrected chi connectivity index (χ2v) is 6.37. The van der Waals surface area contributed by atoms with Crippen LogP contribution in [0.25, 0.3) is 0 Å². The second kappa shape index (κ2) is 5.61. The van der Waals surface area contributed by atoms with Gasteiger partial charge in [0.15, 0.2) is 5.82 Å². The lowest BCUT2D eigenvalue weighted by Crippen LogP contribution is -2.15. The smallest absolute Gasteiger partial charge is 0.231 e. The van der Waals surface area contributed by atoms with E-state index in [1.54, 1.807) is 0 Å². The zero-order valence-electron chi connectivity index (χ0n) is 12.1. The number of rotatable bonds is 3. The molecule has 106 valence electrons. The largest absolute Gasteiger partial charge is 0.339 e. The van der Waals surface area contributed by atoms with Crippen molar-refractivity contribution in [2.45, 2.75) is 57.8 Å². The quantitative estimate of drug-likeness (QED) is 0.910. The normalized spacial score (nSPS) is 35.7. The van der Waals surface area contributed by atoms with Crippen molar-refractivity contribution >= 4 is 0 Å². The van der Waals surface area contributed by atoms with Gasteiger partial charge in [-0.1, -0.05) is 38.3 Å². The minimum Gasteiger partial charge on any atom is -0.339 e. The Balaban J connectivity index is 1.70. The highest BCUT2D eigenvalue weighted by Crippen LogP contribution is 2.37. The van der Waals surface area contributed by atoms with E-state index < -0.39 is 0 Å². The van der Waals surface area contributed by atoms with Crippen molar-refractivity contribution in [1.82, 2.24) is 15.5 Å². The molecule has 19 heavy (non-hydrogen) atoms. The van der Waals surface area contributed by atoms with E-state index in [1.807, 2.05) is 0 Å². The SMILES string of the molecule is CCC1CCCC(c2noc(C3CNCC3C)n2)C1. The molecule has 4 unspecified atom stereocenters. The van der Waals surface area contributed by atoms with Crippen LogP contribution < -0.4 is 5.32 Å². The highest BCUT2D eigenvalue weighted by molar-refractivity contribution is 5.04. The molecule has 1 aliphatic heterocycles. The fourth-order valence-corrected chi connectivity index (χ4v) is 3.60. The Morgan fingerprint density at radius 1 is 1.32 bits per heavy atom. The van der Waals surface area contributed by atoms with Gasteiger partial charge in [0.05, 0.1) is 5.92 Å². The van der Waals surface area contributed by atoms with Crippen LogP contribution in [-0.4, -0.2) is 23.2 Å². The van der Waals surface area contributed by atoms with E-state index in [4.69, 9.17) is 9.51 Å². The molecule has 0 spiro atoms. The number of nitrogens with zero attached hydrogens (tertiary/aromatic N) is 2. The van der Waals surface area contributed by atoms with Crippen molar-refractivity contribution in [3.8, 4) is 0 Å². The first-order chi connectivity index (χ1) is 9.28. The second-order valence-electron chi connectivity index (χ2n) is 6.37. The summed E-state index contributed by atoms with van der Waals surface area (Å²) in [6, 6.07) is 0. The maximum atomic E-state index is 5.54. The molecule has 0 bridgehead atoms. The van der Waals surface area contributed by atoms with Crippen LogP contribution in [0.4, 0.5) is 0 Å². The molecule has 1 saturated heterocycles. The Morgan fingerprint density at radius 3 is 2.95 bits per heavy atom. The van der Waals surface area contributed by atoms with Crippen molar-refractivity contribution in [2.75, 3.05) is 13.1 Å². The topological polar surface area (TPSA) is 51.0 Å². The molecule has 1 aliphatic carbocycles. The molecule has 2 heterocycles. The summed E-state index contributed by atoms with van der Waals surface area (Å²) in [5.74, 6) is 4.21. The average Bonchev–Trinajstić information content (AvgIpc) is 3.07. The van der Waals surface area contributed by atoms with Crippen LogP contribution in [-0.2, 0) is 0 Å². The Bertz CT molecular complexity index is 417. The maximum absolute atomic E-state index is 5.54. The monoisotopic (exact) mass is 263 g/mol. The molecule has 1 N–H and O–H groups in total. The molecular formula is C15H25N3O. The van der Waals surface area contributed by atoms with Crippen LogP contribution in [0.3, 0.4) is 0 Å². The molecular weight excluding hydrogens is 238 g/mol. The minimum absolute atomic E-state index is 0.409. The molecule has 1 saturated carbocycles. The fourth-order valence-electron chi connectivity index (χ4n) is 3.60. The van der Waals surface area contributed by atoms with Crippen LogP contribution in [0.1, 0.15) is 69.5 Å². The molecule has 0 aromatic carbocycles. The van der Waals surface area contributed by atoms with Crippen LogP contribution in [0.5, 0.6) is 0 Å². The molecule has 1 aromatic heterocycles. The Kier molecular flexibility index (Phi) is 3.87. The zero-order chi connectivity index (χ0) is 13.2. The third-order valence-corrected chi connectivity index (χ3v) is 5.02. The summed E-state index contributed by atoms with van der Waals surface area (Å²) in [6.45, 7) is 6.58. The van der Waals surface area contributed by atoms with Crippen molar-refractivity contribution in [1.29, 1.82) is 0 Å². The van der Waals surface area contributed by atoms with Crippen LogP contribution >= 0.6 is 0 Å². The molecule has 2 aliphatic rings. The lowest BCUT2D eigenvalue weighted by Gasteiger charge is -2.26.